The number of likely N-dealkylation sites (N-methyl/N-ethyl adjacent to an activating group) is 1. The summed E-state index contributed by atoms with van der Waals surface area (Å²) < 4.78 is 0. The maximum absolute atomic E-state index is 12.8. The number of aliphatic hydroxyl groups is 1. The molecule has 1 saturated heterocycles. The molecule has 4 N–H and O–H groups in total. The van der Waals surface area contributed by atoms with Crippen molar-refractivity contribution in [3.63, 3.8) is 0 Å². The van der Waals surface area contributed by atoms with Crippen LogP contribution in [0.15, 0.2) is 24.3 Å². The first-order chi connectivity index (χ1) is 11.2. The number of hydrogen-bond acceptors (Lipinski definition) is 4. The van der Waals surface area contributed by atoms with Crippen LogP contribution in [0.2, 0.25) is 0 Å². The summed E-state index contributed by atoms with van der Waals surface area (Å²) in [5, 5.41) is 12.4. The van der Waals surface area contributed by atoms with Crippen LogP contribution in [0.4, 0.5) is 0 Å². The predicted molar refractivity (Wildman–Crippen MR) is 92.5 cm³/mol. The summed E-state index contributed by atoms with van der Waals surface area (Å²) in [6, 6.07) is 6.65. The second-order valence-electron chi connectivity index (χ2n) is 7.10. The van der Waals surface area contributed by atoms with Gasteiger partial charge in [-0.3, -0.25) is 9.59 Å². The molecule has 0 bridgehead atoms. The van der Waals surface area contributed by atoms with Crippen molar-refractivity contribution in [1.29, 1.82) is 0 Å². The molecule has 6 nitrogen and oxygen atoms in total. The smallest absolute Gasteiger partial charge is 0.254 e. The quantitative estimate of drug-likeness (QED) is 0.738. The van der Waals surface area contributed by atoms with E-state index in [9.17, 15) is 14.7 Å². The SMILES string of the molecule is CNC(=O)[C@@H]1C[C@@H](N)CN1C(=O)c1cccc(CCC(C)(C)O)c1. The van der Waals surface area contributed by atoms with Gasteiger partial charge in [-0.25, -0.2) is 0 Å². The minimum absolute atomic E-state index is 0.179. The summed E-state index contributed by atoms with van der Waals surface area (Å²) in [5.74, 6) is -0.365. The van der Waals surface area contributed by atoms with E-state index >= 15 is 0 Å². The van der Waals surface area contributed by atoms with Crippen LogP contribution >= 0.6 is 0 Å². The topological polar surface area (TPSA) is 95.7 Å². The summed E-state index contributed by atoms with van der Waals surface area (Å²) in [7, 11) is 1.56. The molecule has 1 heterocycles. The Morgan fingerprint density at radius 2 is 2.12 bits per heavy atom. The van der Waals surface area contributed by atoms with E-state index in [0.29, 0.717) is 31.4 Å². The van der Waals surface area contributed by atoms with Crippen molar-refractivity contribution in [2.45, 2.75) is 50.8 Å². The maximum atomic E-state index is 12.8. The summed E-state index contributed by atoms with van der Waals surface area (Å²) in [6.45, 7) is 3.91. The second kappa shape index (κ2) is 7.32. The van der Waals surface area contributed by atoms with E-state index in [1.807, 2.05) is 18.2 Å². The van der Waals surface area contributed by atoms with E-state index in [0.717, 1.165) is 5.56 Å². The number of nitrogens with one attached hydrogen (secondary N) is 1. The van der Waals surface area contributed by atoms with Crippen LogP contribution in [0, 0.1) is 0 Å². The van der Waals surface area contributed by atoms with Gasteiger partial charge in [-0.05, 0) is 50.8 Å². The Balaban J connectivity index is 2.15. The lowest BCUT2D eigenvalue weighted by molar-refractivity contribution is -0.124. The van der Waals surface area contributed by atoms with Gasteiger partial charge in [-0.15, -0.1) is 0 Å². The number of nitrogens with zero attached hydrogens (tertiary/aromatic N) is 1. The van der Waals surface area contributed by atoms with Gasteiger partial charge in [-0.1, -0.05) is 12.1 Å². The number of carbonyl (C=O) groups is 2. The molecule has 0 saturated carbocycles. The minimum atomic E-state index is -0.744. The molecule has 2 atom stereocenters. The molecule has 2 rings (SSSR count). The van der Waals surface area contributed by atoms with Gasteiger partial charge in [0.15, 0.2) is 0 Å². The zero-order chi connectivity index (χ0) is 17.9. The third-order valence-electron chi connectivity index (χ3n) is 4.34. The summed E-state index contributed by atoms with van der Waals surface area (Å²) in [5.41, 5.74) is 6.74. The molecule has 2 amide bonds. The van der Waals surface area contributed by atoms with Gasteiger partial charge in [-0.2, -0.15) is 0 Å². The monoisotopic (exact) mass is 333 g/mol. The standard InChI is InChI=1S/C18H27N3O3/c1-18(2,24)8-7-12-5-4-6-13(9-12)17(23)21-11-14(19)10-15(21)16(22)20-3/h4-6,9,14-15,24H,7-8,10-11,19H2,1-3H3,(H,20,22)/t14-,15+/m1/s1. The molecule has 0 radical (unpaired) electrons. The molecular weight excluding hydrogens is 306 g/mol. The third-order valence-corrected chi connectivity index (χ3v) is 4.34. The van der Waals surface area contributed by atoms with Crippen LogP contribution in [0.1, 0.15) is 42.6 Å². The van der Waals surface area contributed by atoms with Crippen molar-refractivity contribution in [2.24, 2.45) is 5.73 Å². The molecule has 1 aliphatic heterocycles. The molecule has 6 heteroatoms. The van der Waals surface area contributed by atoms with Crippen LogP contribution < -0.4 is 11.1 Å². The predicted octanol–water partition coefficient (Wildman–Crippen LogP) is 0.678. The highest BCUT2D eigenvalue weighted by molar-refractivity contribution is 5.98. The fraction of sp³-hybridized carbons (Fsp3) is 0.556. The van der Waals surface area contributed by atoms with E-state index in [-0.39, 0.29) is 17.9 Å². The fourth-order valence-electron chi connectivity index (χ4n) is 2.98. The van der Waals surface area contributed by atoms with Gasteiger partial charge < -0.3 is 21.1 Å². The van der Waals surface area contributed by atoms with Crippen LogP contribution in [0.5, 0.6) is 0 Å². The lowest BCUT2D eigenvalue weighted by atomic mass is 9.97. The zero-order valence-corrected chi connectivity index (χ0v) is 14.6. The maximum Gasteiger partial charge on any atom is 0.254 e. The number of carbonyl (C=O) groups excluding carboxylic acids is 2. The highest BCUT2D eigenvalue weighted by Gasteiger charge is 2.38. The number of aryl methyl sites for hydroxylation is 1. The van der Waals surface area contributed by atoms with Crippen LogP contribution in [0.25, 0.3) is 0 Å². The van der Waals surface area contributed by atoms with E-state index < -0.39 is 11.6 Å². The Bertz CT molecular complexity index is 610. The van der Waals surface area contributed by atoms with E-state index in [2.05, 4.69) is 5.32 Å². The molecule has 0 unspecified atom stereocenters. The van der Waals surface area contributed by atoms with E-state index in [1.165, 1.54) is 0 Å². The number of hydrogen-bond donors (Lipinski definition) is 3. The first-order valence-electron chi connectivity index (χ1n) is 8.31. The summed E-state index contributed by atoms with van der Waals surface area (Å²) in [4.78, 5) is 26.4. The van der Waals surface area contributed by atoms with Gasteiger partial charge in [0.25, 0.3) is 5.91 Å². The van der Waals surface area contributed by atoms with Gasteiger partial charge in [0.2, 0.25) is 5.91 Å². The minimum Gasteiger partial charge on any atom is -0.390 e. The second-order valence-corrected chi connectivity index (χ2v) is 7.10. The summed E-state index contributed by atoms with van der Waals surface area (Å²) in [6.07, 6.45) is 1.77. The highest BCUT2D eigenvalue weighted by atomic mass is 16.3. The molecule has 1 aromatic carbocycles. The third kappa shape index (κ3) is 4.55. The van der Waals surface area contributed by atoms with Crippen molar-refractivity contribution >= 4 is 11.8 Å². The van der Waals surface area contributed by atoms with Gasteiger partial charge >= 0.3 is 0 Å². The van der Waals surface area contributed by atoms with Crippen molar-refractivity contribution in [3.8, 4) is 0 Å². The Morgan fingerprint density at radius 3 is 2.75 bits per heavy atom. The number of likely N-dealkylation sites (tertiary alicyclic amines) is 1. The molecule has 24 heavy (non-hydrogen) atoms. The van der Waals surface area contributed by atoms with Crippen molar-refractivity contribution in [3.05, 3.63) is 35.4 Å². The number of amides is 2. The highest BCUT2D eigenvalue weighted by Crippen LogP contribution is 2.21. The van der Waals surface area contributed by atoms with Crippen molar-refractivity contribution in [2.75, 3.05) is 13.6 Å². The zero-order valence-electron chi connectivity index (χ0n) is 14.6. The Kier molecular flexibility index (Phi) is 5.62. The molecule has 1 aromatic rings. The molecule has 0 spiro atoms. The molecule has 1 aliphatic rings. The normalized spacial score (nSPS) is 21.0. The molecule has 0 aromatic heterocycles. The van der Waals surface area contributed by atoms with Crippen molar-refractivity contribution in [1.82, 2.24) is 10.2 Å². The number of rotatable bonds is 5. The van der Waals surface area contributed by atoms with E-state index in [4.69, 9.17) is 5.73 Å². The van der Waals surface area contributed by atoms with E-state index in [1.54, 1.807) is 31.9 Å². The average Bonchev–Trinajstić information content (AvgIpc) is 2.93. The Labute approximate surface area is 143 Å². The number of benzene rings is 1. The average molecular weight is 333 g/mol. The fourth-order valence-corrected chi connectivity index (χ4v) is 2.98. The van der Waals surface area contributed by atoms with Gasteiger partial charge in [0.1, 0.15) is 6.04 Å². The molecule has 0 aliphatic carbocycles. The lowest BCUT2D eigenvalue weighted by Crippen LogP contribution is -2.45. The largest absolute Gasteiger partial charge is 0.390 e. The Hall–Kier alpha value is -1.92. The van der Waals surface area contributed by atoms with Crippen LogP contribution in [-0.2, 0) is 11.2 Å². The first kappa shape index (κ1) is 18.4. The first-order valence-corrected chi connectivity index (χ1v) is 8.31. The van der Waals surface area contributed by atoms with Crippen molar-refractivity contribution < 1.29 is 14.7 Å². The molecular formula is C18H27N3O3. The molecule has 1 fully saturated rings. The lowest BCUT2D eigenvalue weighted by Gasteiger charge is -2.23. The van der Waals surface area contributed by atoms with Gasteiger partial charge in [0.05, 0.1) is 5.60 Å². The summed E-state index contributed by atoms with van der Waals surface area (Å²) >= 11 is 0. The van der Waals surface area contributed by atoms with Crippen LogP contribution in [-0.4, -0.2) is 53.1 Å². The Morgan fingerprint density at radius 1 is 1.42 bits per heavy atom. The van der Waals surface area contributed by atoms with Gasteiger partial charge in [0, 0.05) is 25.2 Å². The number of nitrogens with two attached hydrogens (primary N) is 1. The van der Waals surface area contributed by atoms with Crippen LogP contribution in [0.3, 0.4) is 0 Å². The molecule has 132 valence electrons.